The number of nitrogens with zero attached hydrogens (tertiary/aromatic N) is 2. The molecule has 0 aromatic heterocycles. The summed E-state index contributed by atoms with van der Waals surface area (Å²) in [4.78, 5) is 101. The van der Waals surface area contributed by atoms with E-state index < -0.39 is 138 Å². The predicted octanol–water partition coefficient (Wildman–Crippen LogP) is -0.867. The molecule has 0 saturated heterocycles. The van der Waals surface area contributed by atoms with Crippen molar-refractivity contribution >= 4 is 47.5 Å². The van der Waals surface area contributed by atoms with Gasteiger partial charge >= 0.3 is 53.4 Å². The van der Waals surface area contributed by atoms with E-state index in [2.05, 4.69) is 10.6 Å². The fraction of sp³-hybridized carbons (Fsp3) is 0.238. The van der Waals surface area contributed by atoms with Gasteiger partial charge < -0.3 is 81.7 Å². The second-order valence-electron chi connectivity index (χ2n) is 14.2. The van der Waals surface area contributed by atoms with Crippen molar-refractivity contribution < 1.29 is 129 Å². The molecule has 0 atom stereocenters. The molecule has 0 unspecified atom stereocenters. The van der Waals surface area contributed by atoms with Gasteiger partial charge in [0.05, 0.1) is 22.3 Å². The molecule has 4 aromatic rings. The summed E-state index contributed by atoms with van der Waals surface area (Å²) in [6, 6.07) is 7.38. The second-order valence-corrected chi connectivity index (χ2v) is 14.2. The zero-order valence-electron chi connectivity index (χ0n) is 35.2. The van der Waals surface area contributed by atoms with Crippen LogP contribution in [0.1, 0.15) is 109 Å². The number of carbonyl (C=O) groups is 8. The number of hydrogen-bond acceptors (Lipinski definition) is 16. The summed E-state index contributed by atoms with van der Waals surface area (Å²) < 4.78 is 0. The third kappa shape index (κ3) is 12.4. The molecule has 4 aromatic carbocycles. The number of carboxylic acids is 4. The number of phenolic OH excluding ortho intramolecular Hbond substituents is 4. The van der Waals surface area contributed by atoms with E-state index in [-0.39, 0.29) is 94.5 Å². The predicted molar refractivity (Wildman–Crippen MR) is 222 cm³/mol. The molecule has 4 rings (SSSR count). The van der Waals surface area contributed by atoms with Crippen LogP contribution < -0.4 is 40.2 Å². The monoisotopic (exact) mass is 945 g/mol. The van der Waals surface area contributed by atoms with E-state index in [1.54, 1.807) is 0 Å². The van der Waals surface area contributed by atoms with Crippen LogP contribution in [0.15, 0.2) is 48.5 Å². The first-order valence-electron chi connectivity index (χ1n) is 19.4. The second kappa shape index (κ2) is 23.3. The molecule has 14 N–H and O–H groups in total. The molecule has 0 fully saturated rings. The van der Waals surface area contributed by atoms with Crippen molar-refractivity contribution in [3.8, 4) is 46.0 Å². The molecule has 4 amide bonds. The number of carboxylic acid groups (broad SMARTS) is 4. The van der Waals surface area contributed by atoms with Gasteiger partial charge in [-0.05, 0) is 74.2 Å². The number of aromatic hydroxyl groups is 8. The van der Waals surface area contributed by atoms with Crippen LogP contribution in [-0.4, -0.2) is 158 Å². The van der Waals surface area contributed by atoms with Gasteiger partial charge in [-0.3, -0.25) is 19.2 Å². The van der Waals surface area contributed by atoms with E-state index in [0.717, 1.165) is 58.3 Å². The van der Waals surface area contributed by atoms with Gasteiger partial charge in [-0.1, -0.05) is 0 Å². The molecule has 0 bridgehead atoms. The number of nitrogens with one attached hydrogen (secondary N) is 2. The Kier molecular flexibility index (Phi) is 18.6. The van der Waals surface area contributed by atoms with Crippen LogP contribution in [0.25, 0.3) is 0 Å². The first-order chi connectivity index (χ1) is 31.1. The van der Waals surface area contributed by atoms with Crippen LogP contribution in [0.5, 0.6) is 46.0 Å². The topological polar surface area (TPSA) is 410 Å². The SMILES string of the molecule is O=C(O)c1ccc(C(=O)NCCCN(CCCCN(CCCNC(=O)c2ccc(C(=O)O)c(O)c2O)C(=O)c2ccc(C(=O)O)c(O)c2O)C(=O)c2ccc(C(=O)O)c(O)c2O)c(O)c1O.[Na+]. The number of phenols is 8. The summed E-state index contributed by atoms with van der Waals surface area (Å²) in [5.74, 6) is -18.5. The summed E-state index contributed by atoms with van der Waals surface area (Å²) in [6.45, 7) is -1.08. The Balaban J connectivity index is 0.0000119. The minimum Gasteiger partial charge on any atom is -0.504 e. The minimum atomic E-state index is -1.61. The van der Waals surface area contributed by atoms with E-state index in [1.165, 1.54) is 0 Å². The van der Waals surface area contributed by atoms with Crippen molar-refractivity contribution in [3.05, 3.63) is 93.0 Å². The van der Waals surface area contributed by atoms with Gasteiger partial charge in [0, 0.05) is 39.3 Å². The van der Waals surface area contributed by atoms with Gasteiger partial charge in [0.25, 0.3) is 23.6 Å². The van der Waals surface area contributed by atoms with Crippen molar-refractivity contribution in [2.75, 3.05) is 39.3 Å². The molecule has 350 valence electrons. The molecule has 0 saturated carbocycles. The zero-order valence-corrected chi connectivity index (χ0v) is 37.2. The summed E-state index contributed by atoms with van der Waals surface area (Å²) in [5, 5.41) is 124. The first-order valence-corrected chi connectivity index (χ1v) is 19.4. The van der Waals surface area contributed by atoms with Gasteiger partial charge in [0.2, 0.25) is 0 Å². The molecule has 0 aliphatic heterocycles. The van der Waals surface area contributed by atoms with Gasteiger partial charge in [0.15, 0.2) is 46.0 Å². The maximum absolute atomic E-state index is 13.8. The van der Waals surface area contributed by atoms with E-state index >= 15 is 0 Å². The molecule has 0 heterocycles. The Morgan fingerprint density at radius 1 is 0.343 bits per heavy atom. The third-order valence-electron chi connectivity index (χ3n) is 9.94. The largest absolute Gasteiger partial charge is 1.00 e. The van der Waals surface area contributed by atoms with Gasteiger partial charge in [0.1, 0.15) is 22.3 Å². The molecular formula is C42H42N4NaO20+. The van der Waals surface area contributed by atoms with Crippen LogP contribution in [0.2, 0.25) is 0 Å². The maximum Gasteiger partial charge on any atom is 1.00 e. The van der Waals surface area contributed by atoms with Crippen LogP contribution in [0.4, 0.5) is 0 Å². The molecule has 25 heteroatoms. The Hall–Kier alpha value is -7.96. The van der Waals surface area contributed by atoms with Gasteiger partial charge in [-0.15, -0.1) is 0 Å². The average Bonchev–Trinajstić information content (AvgIpc) is 3.26. The first kappa shape index (κ1) is 53.4. The number of unbranched alkanes of at least 4 members (excludes halogenated alkanes) is 1. The van der Waals surface area contributed by atoms with Crippen molar-refractivity contribution in [1.29, 1.82) is 0 Å². The van der Waals surface area contributed by atoms with Crippen LogP contribution in [0.3, 0.4) is 0 Å². The standard InChI is InChI=1S/C42H42N4O20.Na/c47-27-19(5-9-23(31(27)51)39(59)60)35(55)43-13-3-17-45(37(57)21-7-11-25(41(63)64)33(53)29(21)49)15-1-2-16-46(38(58)22-8-12-26(42(65)66)34(54)30(22)50)18-4-14-44-36(56)20-6-10-24(40(61)62)32(52)28(20)48;/h5-12,47-54H,1-4,13-18H2,(H,43,55)(H,44,56)(H,59,60)(H,61,62)(H,63,64)(H,65,66);/q;+1. The summed E-state index contributed by atoms with van der Waals surface area (Å²) in [5.41, 5.74) is -4.73. The maximum atomic E-state index is 13.8. The summed E-state index contributed by atoms with van der Waals surface area (Å²) in [7, 11) is 0. The normalized spacial score (nSPS) is 10.6. The Labute approximate surface area is 399 Å². The molecular weight excluding hydrogens is 903 g/mol. The Bertz CT molecular complexity index is 2440. The van der Waals surface area contributed by atoms with Crippen LogP contribution >= 0.6 is 0 Å². The third-order valence-corrected chi connectivity index (χ3v) is 9.94. The number of carbonyl (C=O) groups excluding carboxylic acids is 4. The molecule has 0 aliphatic rings. The van der Waals surface area contributed by atoms with Crippen molar-refractivity contribution in [3.63, 3.8) is 0 Å². The fourth-order valence-electron chi connectivity index (χ4n) is 6.43. The van der Waals surface area contributed by atoms with Crippen LogP contribution in [0, 0.1) is 0 Å². The van der Waals surface area contributed by atoms with Crippen LogP contribution in [-0.2, 0) is 0 Å². The summed E-state index contributed by atoms with van der Waals surface area (Å²) >= 11 is 0. The number of benzene rings is 4. The smallest absolute Gasteiger partial charge is 0.504 e. The van der Waals surface area contributed by atoms with Crippen molar-refractivity contribution in [2.24, 2.45) is 0 Å². The number of amides is 4. The molecule has 0 spiro atoms. The minimum absolute atomic E-state index is 0. The molecule has 24 nitrogen and oxygen atoms in total. The van der Waals surface area contributed by atoms with E-state index in [9.17, 15) is 89.4 Å². The number of aromatic carboxylic acids is 4. The van der Waals surface area contributed by atoms with Gasteiger partial charge in [-0.25, -0.2) is 19.2 Å². The molecule has 0 radical (unpaired) electrons. The Morgan fingerprint density at radius 2 is 0.552 bits per heavy atom. The van der Waals surface area contributed by atoms with E-state index in [1.807, 2.05) is 0 Å². The average molecular weight is 946 g/mol. The van der Waals surface area contributed by atoms with Crippen molar-refractivity contribution in [1.82, 2.24) is 20.4 Å². The Morgan fingerprint density at radius 3 is 0.821 bits per heavy atom. The van der Waals surface area contributed by atoms with E-state index in [0.29, 0.717) is 0 Å². The zero-order chi connectivity index (χ0) is 49.2. The fourth-order valence-corrected chi connectivity index (χ4v) is 6.43. The summed E-state index contributed by atoms with van der Waals surface area (Å²) in [6.07, 6.45) is 0.0751. The quantitative estimate of drug-likeness (QED) is 0.0274. The molecule has 67 heavy (non-hydrogen) atoms. The van der Waals surface area contributed by atoms with Gasteiger partial charge in [-0.2, -0.15) is 0 Å². The van der Waals surface area contributed by atoms with Crippen molar-refractivity contribution in [2.45, 2.75) is 25.7 Å². The number of hydrogen-bond donors (Lipinski definition) is 14. The molecule has 0 aliphatic carbocycles. The van der Waals surface area contributed by atoms with E-state index in [4.69, 9.17) is 10.2 Å². The number of rotatable bonds is 21.